The van der Waals surface area contributed by atoms with Gasteiger partial charge in [-0.2, -0.15) is 0 Å². The van der Waals surface area contributed by atoms with Crippen molar-refractivity contribution in [1.29, 1.82) is 0 Å². The third-order valence-electron chi connectivity index (χ3n) is 3.87. The van der Waals surface area contributed by atoms with Crippen LogP contribution in [0.25, 0.3) is 0 Å². The van der Waals surface area contributed by atoms with Gasteiger partial charge < -0.3 is 19.5 Å². The molecule has 148 valence electrons. The largest absolute Gasteiger partial charge is 0.497 e. The number of nitrogens with zero attached hydrogens (tertiary/aromatic N) is 1. The molecule has 0 aliphatic heterocycles. The molecule has 2 aromatic rings. The van der Waals surface area contributed by atoms with Crippen LogP contribution in [0.3, 0.4) is 0 Å². The number of carbonyl (C=O) groups excluding carboxylic acids is 2. The smallest absolute Gasteiger partial charge is 0.326 e. The topological polar surface area (TPSA) is 117 Å². The minimum atomic E-state index is -0.707. The third kappa shape index (κ3) is 5.44. The SMILES string of the molecule is COc1cc(OC)cc(C(=O)NCC(=O)O[C@@H](C)c2cccc([N+](=O)[O-])c2)c1. The van der Waals surface area contributed by atoms with Crippen LogP contribution in [0, 0.1) is 10.1 Å². The molecular weight excluding hydrogens is 368 g/mol. The Morgan fingerprint density at radius 1 is 1.11 bits per heavy atom. The van der Waals surface area contributed by atoms with E-state index >= 15 is 0 Å². The van der Waals surface area contributed by atoms with Crippen LogP contribution < -0.4 is 14.8 Å². The van der Waals surface area contributed by atoms with Crippen LogP contribution in [0.4, 0.5) is 5.69 Å². The van der Waals surface area contributed by atoms with E-state index in [-0.39, 0.29) is 17.8 Å². The van der Waals surface area contributed by atoms with E-state index < -0.39 is 22.9 Å². The summed E-state index contributed by atoms with van der Waals surface area (Å²) >= 11 is 0. The van der Waals surface area contributed by atoms with Gasteiger partial charge in [0.15, 0.2) is 0 Å². The normalized spacial score (nSPS) is 11.2. The van der Waals surface area contributed by atoms with Gasteiger partial charge in [0, 0.05) is 23.8 Å². The Kier molecular flexibility index (Phi) is 6.91. The van der Waals surface area contributed by atoms with E-state index in [2.05, 4.69) is 5.32 Å². The van der Waals surface area contributed by atoms with Crippen LogP contribution >= 0.6 is 0 Å². The number of benzene rings is 2. The molecule has 0 saturated heterocycles. The molecule has 2 rings (SSSR count). The number of methoxy groups -OCH3 is 2. The molecule has 0 bridgehead atoms. The first-order valence-corrected chi connectivity index (χ1v) is 8.29. The quantitative estimate of drug-likeness (QED) is 0.420. The number of hydrogen-bond acceptors (Lipinski definition) is 7. The van der Waals surface area contributed by atoms with Gasteiger partial charge in [-0.1, -0.05) is 12.1 Å². The summed E-state index contributed by atoms with van der Waals surface area (Å²) in [6.45, 7) is 1.23. The molecule has 0 aliphatic carbocycles. The molecule has 0 aromatic heterocycles. The average Bonchev–Trinajstić information content (AvgIpc) is 2.71. The molecule has 9 heteroatoms. The number of nitrogens with one attached hydrogen (secondary N) is 1. The summed E-state index contributed by atoms with van der Waals surface area (Å²) in [7, 11) is 2.92. The molecule has 0 heterocycles. The number of amides is 1. The number of hydrogen-bond donors (Lipinski definition) is 1. The summed E-state index contributed by atoms with van der Waals surface area (Å²) in [5.74, 6) is -0.308. The highest BCUT2D eigenvalue weighted by molar-refractivity contribution is 5.96. The summed E-state index contributed by atoms with van der Waals surface area (Å²) in [6.07, 6.45) is -0.707. The molecule has 0 unspecified atom stereocenters. The van der Waals surface area contributed by atoms with E-state index in [9.17, 15) is 19.7 Å². The van der Waals surface area contributed by atoms with Gasteiger partial charge in [0.25, 0.3) is 11.6 Å². The summed E-state index contributed by atoms with van der Waals surface area (Å²) in [4.78, 5) is 34.6. The number of rotatable bonds is 8. The number of non-ortho nitro benzene ring substituents is 1. The molecule has 28 heavy (non-hydrogen) atoms. The highest BCUT2D eigenvalue weighted by Gasteiger charge is 2.16. The summed E-state index contributed by atoms with van der Waals surface area (Å²) in [5, 5.41) is 13.3. The van der Waals surface area contributed by atoms with Crippen molar-refractivity contribution in [3.8, 4) is 11.5 Å². The highest BCUT2D eigenvalue weighted by Crippen LogP contribution is 2.23. The van der Waals surface area contributed by atoms with E-state index in [1.807, 2.05) is 0 Å². The van der Waals surface area contributed by atoms with Crippen molar-refractivity contribution in [2.75, 3.05) is 20.8 Å². The van der Waals surface area contributed by atoms with E-state index in [0.29, 0.717) is 17.1 Å². The van der Waals surface area contributed by atoms with Crippen molar-refractivity contribution in [1.82, 2.24) is 5.32 Å². The lowest BCUT2D eigenvalue weighted by Gasteiger charge is -2.14. The molecule has 1 atom stereocenters. The van der Waals surface area contributed by atoms with Gasteiger partial charge in [-0.15, -0.1) is 0 Å². The second kappa shape index (κ2) is 9.36. The maximum atomic E-state index is 12.3. The van der Waals surface area contributed by atoms with Gasteiger partial charge in [0.2, 0.25) is 0 Å². The second-order valence-corrected chi connectivity index (χ2v) is 5.77. The van der Waals surface area contributed by atoms with E-state index in [4.69, 9.17) is 14.2 Å². The molecule has 0 saturated carbocycles. The van der Waals surface area contributed by atoms with Crippen LogP contribution in [0.15, 0.2) is 42.5 Å². The highest BCUT2D eigenvalue weighted by atomic mass is 16.6. The van der Waals surface area contributed by atoms with Gasteiger partial charge in [0.05, 0.1) is 19.1 Å². The van der Waals surface area contributed by atoms with Crippen molar-refractivity contribution in [3.05, 3.63) is 63.7 Å². The Morgan fingerprint density at radius 3 is 2.32 bits per heavy atom. The van der Waals surface area contributed by atoms with Gasteiger partial charge in [-0.05, 0) is 24.6 Å². The lowest BCUT2D eigenvalue weighted by Crippen LogP contribution is -2.31. The molecule has 1 amide bonds. The maximum Gasteiger partial charge on any atom is 0.326 e. The number of ether oxygens (including phenoxy) is 3. The van der Waals surface area contributed by atoms with Crippen LogP contribution in [0.2, 0.25) is 0 Å². The Hall–Kier alpha value is -3.62. The Bertz CT molecular complexity index is 860. The monoisotopic (exact) mass is 388 g/mol. The molecule has 0 spiro atoms. The van der Waals surface area contributed by atoms with Gasteiger partial charge >= 0.3 is 5.97 Å². The van der Waals surface area contributed by atoms with Crippen molar-refractivity contribution >= 4 is 17.6 Å². The lowest BCUT2D eigenvalue weighted by molar-refractivity contribution is -0.385. The van der Waals surface area contributed by atoms with Crippen molar-refractivity contribution in [2.45, 2.75) is 13.0 Å². The fourth-order valence-corrected chi connectivity index (χ4v) is 2.39. The van der Waals surface area contributed by atoms with Gasteiger partial charge in [-0.25, -0.2) is 0 Å². The van der Waals surface area contributed by atoms with E-state index in [1.54, 1.807) is 19.1 Å². The van der Waals surface area contributed by atoms with Crippen LogP contribution in [-0.4, -0.2) is 37.6 Å². The number of nitro groups is 1. The average molecular weight is 388 g/mol. The zero-order valence-electron chi connectivity index (χ0n) is 15.6. The number of esters is 1. The fourth-order valence-electron chi connectivity index (χ4n) is 2.39. The predicted molar refractivity (Wildman–Crippen MR) is 99.5 cm³/mol. The Balaban J connectivity index is 1.96. The first kappa shape index (κ1) is 20.7. The lowest BCUT2D eigenvalue weighted by atomic mass is 10.1. The van der Waals surface area contributed by atoms with Crippen molar-refractivity contribution in [2.24, 2.45) is 0 Å². The third-order valence-corrected chi connectivity index (χ3v) is 3.87. The minimum Gasteiger partial charge on any atom is -0.497 e. The van der Waals surface area contributed by atoms with Gasteiger partial charge in [0.1, 0.15) is 24.1 Å². The van der Waals surface area contributed by atoms with Crippen LogP contribution in [0.1, 0.15) is 28.9 Å². The molecule has 0 fully saturated rings. The van der Waals surface area contributed by atoms with E-state index in [1.165, 1.54) is 44.6 Å². The molecule has 1 N–H and O–H groups in total. The molecular formula is C19H20N2O7. The summed E-state index contributed by atoms with van der Waals surface area (Å²) in [6, 6.07) is 10.4. The summed E-state index contributed by atoms with van der Waals surface area (Å²) < 4.78 is 15.4. The molecule has 2 aromatic carbocycles. The number of nitro benzene ring substituents is 1. The standard InChI is InChI=1S/C19H20N2O7/c1-12(13-5-4-6-15(7-13)21(24)25)28-18(22)11-20-19(23)14-8-16(26-2)10-17(9-14)27-3/h4-10,12H,11H2,1-3H3,(H,20,23)/t12-/m0/s1. The fraction of sp³-hybridized carbons (Fsp3) is 0.263. The predicted octanol–water partition coefficient (Wildman–Crippen LogP) is 2.65. The van der Waals surface area contributed by atoms with Crippen molar-refractivity contribution < 1.29 is 28.7 Å². The Labute approximate surface area is 161 Å². The van der Waals surface area contributed by atoms with Crippen LogP contribution in [0.5, 0.6) is 11.5 Å². The Morgan fingerprint density at radius 2 is 1.75 bits per heavy atom. The first-order chi connectivity index (χ1) is 13.3. The van der Waals surface area contributed by atoms with E-state index in [0.717, 1.165) is 0 Å². The summed E-state index contributed by atoms with van der Waals surface area (Å²) in [5.41, 5.74) is 0.641. The van der Waals surface area contributed by atoms with Gasteiger partial charge in [-0.3, -0.25) is 19.7 Å². The zero-order valence-corrected chi connectivity index (χ0v) is 15.6. The minimum absolute atomic E-state index is 0.0966. The second-order valence-electron chi connectivity index (χ2n) is 5.77. The molecule has 9 nitrogen and oxygen atoms in total. The molecule has 0 radical (unpaired) electrons. The molecule has 0 aliphatic rings. The number of carbonyl (C=O) groups is 2. The maximum absolute atomic E-state index is 12.3. The van der Waals surface area contributed by atoms with Crippen molar-refractivity contribution in [3.63, 3.8) is 0 Å². The van der Waals surface area contributed by atoms with Crippen LogP contribution in [-0.2, 0) is 9.53 Å². The first-order valence-electron chi connectivity index (χ1n) is 8.29. The zero-order chi connectivity index (χ0) is 20.7.